The number of fused-ring (bicyclic) bond motifs is 3. The SMILES string of the molecule is Cc1onc2c1c(=O)n(C1CCCC(CNC(=O)c3cccc(Cl)n3)C1)c1cccc(Cl)c21. The first-order valence-electron chi connectivity index (χ1n) is 10.9. The van der Waals surface area contributed by atoms with Crippen LogP contribution in [0.4, 0.5) is 0 Å². The molecule has 1 aliphatic carbocycles. The van der Waals surface area contributed by atoms with Crippen molar-refractivity contribution in [3.05, 3.63) is 68.4 Å². The summed E-state index contributed by atoms with van der Waals surface area (Å²) in [5, 5.41) is 9.10. The van der Waals surface area contributed by atoms with E-state index in [-0.39, 0.29) is 28.6 Å². The van der Waals surface area contributed by atoms with E-state index in [4.69, 9.17) is 27.7 Å². The third-order valence-electron chi connectivity index (χ3n) is 6.40. The molecule has 3 heterocycles. The van der Waals surface area contributed by atoms with E-state index in [1.54, 1.807) is 31.2 Å². The summed E-state index contributed by atoms with van der Waals surface area (Å²) in [5.41, 5.74) is 1.44. The summed E-state index contributed by atoms with van der Waals surface area (Å²) < 4.78 is 7.20. The van der Waals surface area contributed by atoms with E-state index in [2.05, 4.69) is 15.5 Å². The average molecular weight is 485 g/mol. The molecule has 0 radical (unpaired) electrons. The molecule has 1 fully saturated rings. The van der Waals surface area contributed by atoms with Crippen molar-refractivity contribution in [3.8, 4) is 0 Å². The summed E-state index contributed by atoms with van der Waals surface area (Å²) in [6, 6.07) is 10.5. The maximum absolute atomic E-state index is 13.6. The molecule has 7 nitrogen and oxygen atoms in total. The van der Waals surface area contributed by atoms with Gasteiger partial charge in [-0.2, -0.15) is 0 Å². The fourth-order valence-corrected chi connectivity index (χ4v) is 5.30. The minimum absolute atomic E-state index is 0.0166. The maximum atomic E-state index is 13.6. The van der Waals surface area contributed by atoms with Crippen LogP contribution in [0.2, 0.25) is 10.2 Å². The van der Waals surface area contributed by atoms with Crippen molar-refractivity contribution < 1.29 is 9.32 Å². The molecule has 9 heteroatoms. The zero-order valence-electron chi connectivity index (χ0n) is 18.0. The summed E-state index contributed by atoms with van der Waals surface area (Å²) in [5.74, 6) is 0.460. The number of aryl methyl sites for hydroxylation is 1. The van der Waals surface area contributed by atoms with Gasteiger partial charge in [-0.15, -0.1) is 0 Å². The van der Waals surface area contributed by atoms with E-state index in [0.717, 1.165) is 36.6 Å². The second-order valence-electron chi connectivity index (χ2n) is 8.51. The van der Waals surface area contributed by atoms with E-state index >= 15 is 0 Å². The molecule has 0 aliphatic heterocycles. The van der Waals surface area contributed by atoms with Gasteiger partial charge in [0.05, 0.1) is 10.5 Å². The van der Waals surface area contributed by atoms with E-state index < -0.39 is 0 Å². The lowest BCUT2D eigenvalue weighted by molar-refractivity contribution is 0.0935. The highest BCUT2D eigenvalue weighted by Crippen LogP contribution is 2.36. The number of pyridine rings is 2. The average Bonchev–Trinajstić information content (AvgIpc) is 3.19. The Bertz CT molecular complexity index is 1430. The Morgan fingerprint density at radius 2 is 2.00 bits per heavy atom. The molecule has 0 saturated heterocycles. The van der Waals surface area contributed by atoms with Gasteiger partial charge in [0.1, 0.15) is 27.5 Å². The molecule has 1 aromatic carbocycles. The van der Waals surface area contributed by atoms with Crippen LogP contribution < -0.4 is 10.9 Å². The van der Waals surface area contributed by atoms with E-state index in [1.807, 2.05) is 16.7 Å². The monoisotopic (exact) mass is 484 g/mol. The topological polar surface area (TPSA) is 90.0 Å². The fraction of sp³-hybridized carbons (Fsp3) is 0.333. The van der Waals surface area contributed by atoms with Crippen LogP contribution in [0.25, 0.3) is 21.8 Å². The summed E-state index contributed by atoms with van der Waals surface area (Å²) in [4.78, 5) is 30.1. The zero-order chi connectivity index (χ0) is 23.1. The molecule has 0 spiro atoms. The van der Waals surface area contributed by atoms with Crippen molar-refractivity contribution >= 4 is 50.9 Å². The maximum Gasteiger partial charge on any atom is 0.269 e. The van der Waals surface area contributed by atoms with Gasteiger partial charge in [0.25, 0.3) is 11.5 Å². The second kappa shape index (κ2) is 8.80. The summed E-state index contributed by atoms with van der Waals surface area (Å²) >= 11 is 12.4. The Hall–Kier alpha value is -2.90. The third-order valence-corrected chi connectivity index (χ3v) is 6.93. The van der Waals surface area contributed by atoms with Gasteiger partial charge < -0.3 is 14.4 Å². The first-order valence-corrected chi connectivity index (χ1v) is 11.7. The number of benzene rings is 1. The number of amides is 1. The first-order chi connectivity index (χ1) is 15.9. The molecule has 2 atom stereocenters. The highest BCUT2D eigenvalue weighted by Gasteiger charge is 2.28. The largest absolute Gasteiger partial charge is 0.360 e. The molecular formula is C24H22Cl2N4O3. The van der Waals surface area contributed by atoms with E-state index in [0.29, 0.717) is 33.9 Å². The van der Waals surface area contributed by atoms with Gasteiger partial charge in [-0.3, -0.25) is 9.59 Å². The Morgan fingerprint density at radius 1 is 1.18 bits per heavy atom. The van der Waals surface area contributed by atoms with Crippen LogP contribution in [0, 0.1) is 12.8 Å². The lowest BCUT2D eigenvalue weighted by Crippen LogP contribution is -2.35. The Balaban J connectivity index is 1.45. The number of nitrogens with one attached hydrogen (secondary N) is 1. The Morgan fingerprint density at radius 3 is 2.82 bits per heavy atom. The lowest BCUT2D eigenvalue weighted by atomic mass is 9.85. The van der Waals surface area contributed by atoms with Crippen molar-refractivity contribution in [2.45, 2.75) is 38.6 Å². The highest BCUT2D eigenvalue weighted by atomic mass is 35.5. The van der Waals surface area contributed by atoms with Gasteiger partial charge in [-0.1, -0.05) is 46.9 Å². The molecule has 170 valence electrons. The molecule has 1 aliphatic rings. The van der Waals surface area contributed by atoms with Crippen molar-refractivity contribution in [2.24, 2.45) is 5.92 Å². The van der Waals surface area contributed by atoms with E-state index in [9.17, 15) is 9.59 Å². The van der Waals surface area contributed by atoms with Crippen LogP contribution in [-0.4, -0.2) is 27.2 Å². The lowest BCUT2D eigenvalue weighted by Gasteiger charge is -2.31. The molecule has 33 heavy (non-hydrogen) atoms. The minimum Gasteiger partial charge on any atom is -0.360 e. The normalized spacial score (nSPS) is 18.6. The van der Waals surface area contributed by atoms with Crippen LogP contribution >= 0.6 is 23.2 Å². The molecule has 5 rings (SSSR count). The summed E-state index contributed by atoms with van der Waals surface area (Å²) in [7, 11) is 0. The molecule has 0 bridgehead atoms. The van der Waals surface area contributed by atoms with Gasteiger partial charge in [0.15, 0.2) is 0 Å². The molecule has 2 unspecified atom stereocenters. The smallest absolute Gasteiger partial charge is 0.269 e. The quantitative estimate of drug-likeness (QED) is 0.396. The number of rotatable bonds is 4. The Labute approximate surface area is 199 Å². The fourth-order valence-electron chi connectivity index (χ4n) is 4.88. The molecular weight excluding hydrogens is 463 g/mol. The summed E-state index contributed by atoms with van der Waals surface area (Å²) in [6.45, 7) is 2.25. The summed E-state index contributed by atoms with van der Waals surface area (Å²) in [6.07, 6.45) is 3.57. The van der Waals surface area contributed by atoms with Crippen LogP contribution in [0.15, 0.2) is 45.7 Å². The number of aromatic nitrogens is 3. The second-order valence-corrected chi connectivity index (χ2v) is 9.31. The number of hydrogen-bond acceptors (Lipinski definition) is 5. The first kappa shape index (κ1) is 21.9. The molecule has 4 aromatic rings. The van der Waals surface area contributed by atoms with Crippen LogP contribution in [0.5, 0.6) is 0 Å². The van der Waals surface area contributed by atoms with Crippen LogP contribution in [0.3, 0.4) is 0 Å². The van der Waals surface area contributed by atoms with Gasteiger partial charge in [0, 0.05) is 18.0 Å². The third kappa shape index (κ3) is 4.00. The number of carbonyl (C=O) groups excluding carboxylic acids is 1. The van der Waals surface area contributed by atoms with Gasteiger partial charge in [-0.05, 0) is 56.4 Å². The van der Waals surface area contributed by atoms with Crippen LogP contribution in [0.1, 0.15) is 48.0 Å². The molecule has 1 amide bonds. The number of nitrogens with zero attached hydrogens (tertiary/aromatic N) is 3. The predicted molar refractivity (Wildman–Crippen MR) is 128 cm³/mol. The standard InChI is InChI=1S/C24H22Cl2N4O3/c1-13-20-22(29-33-13)21-16(25)7-3-9-18(21)30(24(20)32)15-6-2-5-14(11-15)12-27-23(31)17-8-4-10-19(26)28-17/h3-4,7-10,14-15H,2,5-6,11-12H2,1H3,(H,27,31). The zero-order valence-corrected chi connectivity index (χ0v) is 19.5. The number of halogens is 2. The van der Waals surface area contributed by atoms with Crippen molar-refractivity contribution in [2.75, 3.05) is 6.54 Å². The van der Waals surface area contributed by atoms with Crippen LogP contribution in [-0.2, 0) is 0 Å². The number of hydrogen-bond donors (Lipinski definition) is 1. The minimum atomic E-state index is -0.254. The van der Waals surface area contributed by atoms with Gasteiger partial charge in [0.2, 0.25) is 0 Å². The van der Waals surface area contributed by atoms with Gasteiger partial charge in [-0.25, -0.2) is 4.98 Å². The number of carbonyl (C=O) groups is 1. The highest BCUT2D eigenvalue weighted by molar-refractivity contribution is 6.37. The molecule has 3 aromatic heterocycles. The molecule has 1 saturated carbocycles. The van der Waals surface area contributed by atoms with Gasteiger partial charge >= 0.3 is 0 Å². The Kier molecular flexibility index (Phi) is 5.85. The van der Waals surface area contributed by atoms with Crippen molar-refractivity contribution in [1.82, 2.24) is 20.0 Å². The van der Waals surface area contributed by atoms with Crippen molar-refractivity contribution in [1.29, 1.82) is 0 Å². The molecule has 1 N–H and O–H groups in total. The van der Waals surface area contributed by atoms with Crippen molar-refractivity contribution in [3.63, 3.8) is 0 Å². The van der Waals surface area contributed by atoms with E-state index in [1.165, 1.54) is 0 Å². The predicted octanol–water partition coefficient (Wildman–Crippen LogP) is 5.31.